The van der Waals surface area contributed by atoms with Crippen LogP contribution in [-0.2, 0) is 20.8 Å². The lowest BCUT2D eigenvalue weighted by Gasteiger charge is -2.19. The van der Waals surface area contributed by atoms with Crippen LogP contribution < -0.4 is 0 Å². The molecule has 132 valence electrons. The number of ether oxygens (including phenoxy) is 2. The standard InChI is InChI=1S/C18H27N3O3/c1-20(2)18(22)13-23-7-5-15-12-24-17-11-21(10-16(15)17)9-14-4-3-6-19-8-14/h3-4,6,8,15-17H,5,7,9-13H2,1-2H3/t15-,16-,17-/m1/s1. The Morgan fingerprint density at radius 2 is 2.33 bits per heavy atom. The summed E-state index contributed by atoms with van der Waals surface area (Å²) < 4.78 is 11.5. The van der Waals surface area contributed by atoms with Crippen molar-refractivity contribution < 1.29 is 14.3 Å². The van der Waals surface area contributed by atoms with Crippen LogP contribution in [0.4, 0.5) is 0 Å². The van der Waals surface area contributed by atoms with Gasteiger partial charge in [0.1, 0.15) is 6.61 Å². The Bertz CT molecular complexity index is 538. The summed E-state index contributed by atoms with van der Waals surface area (Å²) in [5.41, 5.74) is 1.25. The fraction of sp³-hybridized carbons (Fsp3) is 0.667. The van der Waals surface area contributed by atoms with E-state index in [0.717, 1.165) is 32.7 Å². The summed E-state index contributed by atoms with van der Waals surface area (Å²) in [4.78, 5) is 19.7. The van der Waals surface area contributed by atoms with E-state index in [0.29, 0.717) is 24.5 Å². The van der Waals surface area contributed by atoms with E-state index in [1.165, 1.54) is 5.56 Å². The first-order valence-electron chi connectivity index (χ1n) is 8.64. The van der Waals surface area contributed by atoms with Crippen LogP contribution in [0.2, 0.25) is 0 Å². The number of hydrogen-bond acceptors (Lipinski definition) is 5. The van der Waals surface area contributed by atoms with Crippen molar-refractivity contribution >= 4 is 5.91 Å². The predicted molar refractivity (Wildman–Crippen MR) is 90.4 cm³/mol. The average Bonchev–Trinajstić information content (AvgIpc) is 3.13. The number of carbonyl (C=O) groups excluding carboxylic acids is 1. The molecule has 0 bridgehead atoms. The van der Waals surface area contributed by atoms with E-state index in [9.17, 15) is 4.79 Å². The fourth-order valence-electron chi connectivity index (χ4n) is 3.58. The van der Waals surface area contributed by atoms with Crippen LogP contribution in [0, 0.1) is 11.8 Å². The van der Waals surface area contributed by atoms with Crippen molar-refractivity contribution in [1.82, 2.24) is 14.8 Å². The fourth-order valence-corrected chi connectivity index (χ4v) is 3.58. The minimum atomic E-state index is 0.0130. The maximum atomic E-state index is 11.5. The van der Waals surface area contributed by atoms with Crippen molar-refractivity contribution in [2.45, 2.75) is 19.1 Å². The lowest BCUT2D eigenvalue weighted by molar-refractivity contribution is -0.133. The smallest absolute Gasteiger partial charge is 0.248 e. The second-order valence-corrected chi connectivity index (χ2v) is 6.98. The summed E-state index contributed by atoms with van der Waals surface area (Å²) in [5.74, 6) is 1.12. The minimum absolute atomic E-state index is 0.0130. The molecule has 2 aliphatic rings. The van der Waals surface area contributed by atoms with Crippen LogP contribution in [-0.4, -0.2) is 73.8 Å². The van der Waals surface area contributed by atoms with E-state index in [1.807, 2.05) is 18.5 Å². The molecule has 3 atom stereocenters. The van der Waals surface area contributed by atoms with E-state index >= 15 is 0 Å². The Labute approximate surface area is 143 Å². The van der Waals surface area contributed by atoms with Gasteiger partial charge in [-0.25, -0.2) is 0 Å². The minimum Gasteiger partial charge on any atom is -0.376 e. The summed E-state index contributed by atoms with van der Waals surface area (Å²) in [6, 6.07) is 4.10. The second-order valence-electron chi connectivity index (χ2n) is 6.98. The molecule has 2 fully saturated rings. The quantitative estimate of drug-likeness (QED) is 0.698. The first kappa shape index (κ1) is 17.3. The lowest BCUT2D eigenvalue weighted by Crippen LogP contribution is -2.27. The van der Waals surface area contributed by atoms with Crippen molar-refractivity contribution in [3.05, 3.63) is 30.1 Å². The van der Waals surface area contributed by atoms with E-state index < -0.39 is 0 Å². The van der Waals surface area contributed by atoms with Crippen molar-refractivity contribution in [2.24, 2.45) is 11.8 Å². The van der Waals surface area contributed by atoms with Gasteiger partial charge >= 0.3 is 0 Å². The van der Waals surface area contributed by atoms with E-state index in [-0.39, 0.29) is 12.5 Å². The number of aromatic nitrogens is 1. The highest BCUT2D eigenvalue weighted by Crippen LogP contribution is 2.35. The summed E-state index contributed by atoms with van der Waals surface area (Å²) in [5, 5.41) is 0. The molecule has 2 aliphatic heterocycles. The van der Waals surface area contributed by atoms with Gasteiger partial charge in [-0.15, -0.1) is 0 Å². The number of carbonyl (C=O) groups is 1. The highest BCUT2D eigenvalue weighted by atomic mass is 16.5. The Morgan fingerprint density at radius 3 is 3.08 bits per heavy atom. The molecule has 0 aromatic carbocycles. The summed E-state index contributed by atoms with van der Waals surface area (Å²) >= 11 is 0. The third-order valence-corrected chi connectivity index (χ3v) is 5.00. The molecular formula is C18H27N3O3. The number of nitrogens with zero attached hydrogens (tertiary/aromatic N) is 3. The van der Waals surface area contributed by atoms with Crippen LogP contribution in [0.3, 0.4) is 0 Å². The largest absolute Gasteiger partial charge is 0.376 e. The Balaban J connectivity index is 1.41. The van der Waals surface area contributed by atoms with Crippen LogP contribution in [0.15, 0.2) is 24.5 Å². The first-order valence-corrected chi connectivity index (χ1v) is 8.64. The third kappa shape index (κ3) is 4.32. The molecule has 0 unspecified atom stereocenters. The number of amides is 1. The number of rotatable bonds is 7. The molecule has 0 saturated carbocycles. The monoisotopic (exact) mass is 333 g/mol. The molecule has 0 spiro atoms. The normalized spacial score (nSPS) is 26.5. The van der Waals surface area contributed by atoms with Crippen LogP contribution >= 0.6 is 0 Å². The number of pyridine rings is 1. The van der Waals surface area contributed by atoms with Gasteiger partial charge in [-0.3, -0.25) is 14.7 Å². The van der Waals surface area contributed by atoms with Gasteiger partial charge in [0.2, 0.25) is 5.91 Å². The molecule has 1 aromatic rings. The van der Waals surface area contributed by atoms with Gasteiger partial charge in [0.15, 0.2) is 0 Å². The predicted octanol–water partition coefficient (Wildman–Crippen LogP) is 1.02. The first-order chi connectivity index (χ1) is 11.6. The maximum absolute atomic E-state index is 11.5. The van der Waals surface area contributed by atoms with Gasteiger partial charge in [-0.1, -0.05) is 6.07 Å². The maximum Gasteiger partial charge on any atom is 0.248 e. The molecule has 24 heavy (non-hydrogen) atoms. The van der Waals surface area contributed by atoms with Gasteiger partial charge in [0, 0.05) is 58.6 Å². The molecule has 6 heteroatoms. The van der Waals surface area contributed by atoms with E-state index in [2.05, 4.69) is 16.0 Å². The molecule has 3 rings (SSSR count). The zero-order valence-corrected chi connectivity index (χ0v) is 14.6. The van der Waals surface area contributed by atoms with E-state index in [4.69, 9.17) is 9.47 Å². The lowest BCUT2D eigenvalue weighted by atomic mass is 9.91. The molecule has 0 radical (unpaired) electrons. The van der Waals surface area contributed by atoms with Crippen molar-refractivity contribution in [1.29, 1.82) is 0 Å². The number of likely N-dealkylation sites (tertiary alicyclic amines) is 1. The van der Waals surface area contributed by atoms with Crippen LogP contribution in [0.1, 0.15) is 12.0 Å². The Morgan fingerprint density at radius 1 is 1.46 bits per heavy atom. The molecule has 3 heterocycles. The molecular weight excluding hydrogens is 306 g/mol. The molecule has 0 N–H and O–H groups in total. The summed E-state index contributed by atoms with van der Waals surface area (Å²) in [6.45, 7) is 4.62. The van der Waals surface area contributed by atoms with E-state index in [1.54, 1.807) is 19.0 Å². The average molecular weight is 333 g/mol. The van der Waals surface area contributed by atoms with Gasteiger partial charge in [0.25, 0.3) is 0 Å². The molecule has 2 saturated heterocycles. The zero-order chi connectivity index (χ0) is 16.9. The van der Waals surface area contributed by atoms with Crippen LogP contribution in [0.25, 0.3) is 0 Å². The van der Waals surface area contributed by atoms with Gasteiger partial charge in [0.05, 0.1) is 12.7 Å². The highest BCUT2D eigenvalue weighted by molar-refractivity contribution is 5.76. The Kier molecular flexibility index (Phi) is 5.81. The second kappa shape index (κ2) is 8.05. The number of fused-ring (bicyclic) bond motifs is 1. The van der Waals surface area contributed by atoms with Crippen molar-refractivity contribution in [2.75, 3.05) is 47.0 Å². The number of hydrogen-bond donors (Lipinski definition) is 0. The summed E-state index contributed by atoms with van der Waals surface area (Å²) in [6.07, 6.45) is 5.04. The Hall–Kier alpha value is -1.50. The molecule has 6 nitrogen and oxygen atoms in total. The molecule has 1 aromatic heterocycles. The zero-order valence-electron chi connectivity index (χ0n) is 14.6. The SMILES string of the molecule is CN(C)C(=O)COCC[C@@H]1CO[C@@H]2CN(Cc3cccnc3)C[C@H]12. The number of likely N-dealkylation sites (N-methyl/N-ethyl adjacent to an activating group) is 1. The van der Waals surface area contributed by atoms with Gasteiger partial charge in [-0.05, 0) is 24.0 Å². The topological polar surface area (TPSA) is 54.9 Å². The van der Waals surface area contributed by atoms with Crippen molar-refractivity contribution in [3.63, 3.8) is 0 Å². The van der Waals surface area contributed by atoms with Gasteiger partial charge in [-0.2, -0.15) is 0 Å². The van der Waals surface area contributed by atoms with Crippen molar-refractivity contribution in [3.8, 4) is 0 Å². The summed E-state index contributed by atoms with van der Waals surface area (Å²) in [7, 11) is 3.49. The highest BCUT2D eigenvalue weighted by Gasteiger charge is 2.43. The van der Waals surface area contributed by atoms with Crippen LogP contribution in [0.5, 0.6) is 0 Å². The third-order valence-electron chi connectivity index (χ3n) is 5.00. The van der Waals surface area contributed by atoms with Gasteiger partial charge < -0.3 is 14.4 Å². The molecule has 1 amide bonds. The molecule has 0 aliphatic carbocycles.